The quantitative estimate of drug-likeness (QED) is 0.343. The summed E-state index contributed by atoms with van der Waals surface area (Å²) in [5, 5.41) is 0. The van der Waals surface area contributed by atoms with Crippen molar-refractivity contribution in [1.29, 1.82) is 0 Å². The molecule has 7 nitrogen and oxygen atoms in total. The lowest BCUT2D eigenvalue weighted by molar-refractivity contribution is 0.0850. The van der Waals surface area contributed by atoms with Gasteiger partial charge in [0.05, 0.1) is 24.6 Å². The molecule has 0 aliphatic carbocycles. The molecular weight excluding hydrogens is 498 g/mol. The van der Waals surface area contributed by atoms with E-state index >= 15 is 0 Å². The lowest BCUT2D eigenvalue weighted by Gasteiger charge is -2.31. The molecule has 0 bridgehead atoms. The molecule has 0 saturated carbocycles. The second kappa shape index (κ2) is 15.2. The van der Waals surface area contributed by atoms with Gasteiger partial charge in [-0.3, -0.25) is 9.97 Å². The highest BCUT2D eigenvalue weighted by Gasteiger charge is 2.21. The zero-order valence-electron chi connectivity index (χ0n) is 26.0. The summed E-state index contributed by atoms with van der Waals surface area (Å²) in [7, 11) is 4.49. The van der Waals surface area contributed by atoms with Crippen LogP contribution in [0.5, 0.6) is 0 Å². The number of aromatic nitrogens is 2. The number of rotatable bonds is 13. The molecule has 0 radical (unpaired) electrons. The van der Waals surface area contributed by atoms with Gasteiger partial charge in [-0.15, -0.1) is 0 Å². The first-order valence-electron chi connectivity index (χ1n) is 15.6. The van der Waals surface area contributed by atoms with Gasteiger partial charge in [-0.05, 0) is 68.5 Å². The van der Waals surface area contributed by atoms with Crippen LogP contribution in [-0.2, 0) is 22.3 Å². The van der Waals surface area contributed by atoms with E-state index in [1.54, 1.807) is 0 Å². The predicted octanol–water partition coefficient (Wildman–Crippen LogP) is 5.10. The van der Waals surface area contributed by atoms with Crippen molar-refractivity contribution in [3.05, 3.63) is 52.6 Å². The van der Waals surface area contributed by atoms with E-state index in [0.29, 0.717) is 17.8 Å². The van der Waals surface area contributed by atoms with Gasteiger partial charge >= 0.3 is 0 Å². The van der Waals surface area contributed by atoms with Gasteiger partial charge in [0, 0.05) is 82.4 Å². The van der Waals surface area contributed by atoms with Gasteiger partial charge in [-0.1, -0.05) is 33.8 Å². The van der Waals surface area contributed by atoms with Crippen molar-refractivity contribution in [2.75, 3.05) is 84.7 Å². The largest absolute Gasteiger partial charge is 0.381 e. The molecule has 7 heteroatoms. The van der Waals surface area contributed by atoms with Crippen LogP contribution in [0.3, 0.4) is 0 Å². The molecule has 0 N–H and O–H groups in total. The zero-order valence-corrected chi connectivity index (χ0v) is 26.0. The first kappa shape index (κ1) is 30.9. The molecule has 2 aromatic rings. The van der Waals surface area contributed by atoms with E-state index < -0.39 is 0 Å². The summed E-state index contributed by atoms with van der Waals surface area (Å²) in [5.74, 6) is 1.47. The Morgan fingerprint density at radius 3 is 1.85 bits per heavy atom. The van der Waals surface area contributed by atoms with Crippen molar-refractivity contribution in [3.63, 3.8) is 0 Å². The van der Waals surface area contributed by atoms with Crippen molar-refractivity contribution < 1.29 is 9.47 Å². The third kappa shape index (κ3) is 8.72. The Balaban J connectivity index is 1.30. The van der Waals surface area contributed by atoms with Crippen LogP contribution in [0.25, 0.3) is 0 Å². The zero-order chi connectivity index (χ0) is 28.5. The minimum absolute atomic E-state index is 0.437. The first-order valence-corrected chi connectivity index (χ1v) is 15.6. The molecule has 0 aromatic carbocycles. The standard InChI is InChI=1S/C33H53N5O2/c1-25(2)29-8-7-28(27-13-21-39-22-14-27)31(34-29)11-15-36(5)17-18-37(6)16-12-32-33(38-19-23-40-24-20-38)10-9-30(35-32)26(3)4/h7-10,25-27H,11-24H2,1-6H3. The minimum Gasteiger partial charge on any atom is -0.381 e. The van der Waals surface area contributed by atoms with Crippen LogP contribution in [0, 0.1) is 0 Å². The van der Waals surface area contributed by atoms with Crippen LogP contribution in [-0.4, -0.2) is 99.6 Å². The molecule has 0 amide bonds. The topological polar surface area (TPSA) is 54.0 Å². The predicted molar refractivity (Wildman–Crippen MR) is 165 cm³/mol. The van der Waals surface area contributed by atoms with Gasteiger partial charge in [0.15, 0.2) is 0 Å². The second-order valence-corrected chi connectivity index (χ2v) is 12.4. The molecule has 0 spiro atoms. The van der Waals surface area contributed by atoms with Crippen LogP contribution in [0.1, 0.15) is 86.6 Å². The molecule has 2 aliphatic rings. The SMILES string of the molecule is CC(C)c1ccc(C2CCOCC2)c(CCN(C)CCN(C)CCc2nc(C(C)C)ccc2N2CCOCC2)n1. The normalized spacial score (nSPS) is 17.1. The van der Waals surface area contributed by atoms with Crippen LogP contribution >= 0.6 is 0 Å². The fourth-order valence-corrected chi connectivity index (χ4v) is 5.70. The third-order valence-corrected chi connectivity index (χ3v) is 8.52. The van der Waals surface area contributed by atoms with Crippen LogP contribution in [0.2, 0.25) is 0 Å². The minimum atomic E-state index is 0.437. The molecule has 2 saturated heterocycles. The van der Waals surface area contributed by atoms with Gasteiger partial charge in [0.25, 0.3) is 0 Å². The maximum absolute atomic E-state index is 5.63. The number of anilines is 1. The molecule has 2 aliphatic heterocycles. The van der Waals surface area contributed by atoms with Crippen LogP contribution in [0.4, 0.5) is 5.69 Å². The van der Waals surface area contributed by atoms with Gasteiger partial charge in [0.2, 0.25) is 0 Å². The molecule has 40 heavy (non-hydrogen) atoms. The summed E-state index contributed by atoms with van der Waals surface area (Å²) in [6.45, 7) is 18.3. The Morgan fingerprint density at radius 1 is 0.725 bits per heavy atom. The number of ether oxygens (including phenoxy) is 2. The highest BCUT2D eigenvalue weighted by atomic mass is 16.5. The van der Waals surface area contributed by atoms with E-state index in [4.69, 9.17) is 19.4 Å². The van der Waals surface area contributed by atoms with Crippen LogP contribution in [0.15, 0.2) is 24.3 Å². The van der Waals surface area contributed by atoms with E-state index in [1.807, 2.05) is 0 Å². The number of likely N-dealkylation sites (N-methyl/N-ethyl adjacent to an activating group) is 2. The maximum atomic E-state index is 5.63. The Hall–Kier alpha value is -2.06. The molecule has 4 heterocycles. The Labute approximate surface area is 243 Å². The first-order chi connectivity index (χ1) is 19.3. The van der Waals surface area contributed by atoms with Crippen molar-refractivity contribution in [2.45, 2.75) is 71.1 Å². The van der Waals surface area contributed by atoms with Gasteiger partial charge in [-0.2, -0.15) is 0 Å². The molecule has 2 fully saturated rings. The van der Waals surface area contributed by atoms with E-state index in [2.05, 4.69) is 80.8 Å². The highest BCUT2D eigenvalue weighted by molar-refractivity contribution is 5.52. The summed E-state index contributed by atoms with van der Waals surface area (Å²) in [5.41, 5.74) is 7.65. The molecular formula is C33H53N5O2. The van der Waals surface area contributed by atoms with Crippen molar-refractivity contribution in [3.8, 4) is 0 Å². The Bertz CT molecular complexity index is 964. The van der Waals surface area contributed by atoms with E-state index in [1.165, 1.54) is 34.0 Å². The Morgan fingerprint density at radius 2 is 1.25 bits per heavy atom. The second-order valence-electron chi connectivity index (χ2n) is 12.4. The summed E-state index contributed by atoms with van der Waals surface area (Å²) < 4.78 is 11.2. The lowest BCUT2D eigenvalue weighted by Crippen LogP contribution is -2.37. The average molecular weight is 552 g/mol. The number of pyridine rings is 2. The Kier molecular flexibility index (Phi) is 11.8. The smallest absolute Gasteiger partial charge is 0.0652 e. The molecule has 2 aromatic heterocycles. The highest BCUT2D eigenvalue weighted by Crippen LogP contribution is 2.30. The number of hydrogen-bond donors (Lipinski definition) is 0. The summed E-state index contributed by atoms with van der Waals surface area (Å²) >= 11 is 0. The fraction of sp³-hybridized carbons (Fsp3) is 0.697. The van der Waals surface area contributed by atoms with Crippen molar-refractivity contribution >= 4 is 5.69 Å². The number of hydrogen-bond acceptors (Lipinski definition) is 7. The van der Waals surface area contributed by atoms with Gasteiger partial charge < -0.3 is 24.2 Å². The molecule has 0 unspecified atom stereocenters. The fourth-order valence-electron chi connectivity index (χ4n) is 5.70. The van der Waals surface area contributed by atoms with Crippen molar-refractivity contribution in [2.24, 2.45) is 0 Å². The van der Waals surface area contributed by atoms with E-state index in [-0.39, 0.29) is 0 Å². The van der Waals surface area contributed by atoms with E-state index in [9.17, 15) is 0 Å². The molecule has 4 rings (SSSR count). The van der Waals surface area contributed by atoms with Gasteiger partial charge in [-0.25, -0.2) is 0 Å². The van der Waals surface area contributed by atoms with Crippen LogP contribution < -0.4 is 4.90 Å². The lowest BCUT2D eigenvalue weighted by atomic mass is 9.89. The third-order valence-electron chi connectivity index (χ3n) is 8.52. The van der Waals surface area contributed by atoms with Crippen molar-refractivity contribution in [1.82, 2.24) is 19.8 Å². The number of morpholine rings is 1. The summed E-state index contributed by atoms with van der Waals surface area (Å²) in [6, 6.07) is 9.09. The monoisotopic (exact) mass is 551 g/mol. The number of nitrogens with zero attached hydrogens (tertiary/aromatic N) is 5. The summed E-state index contributed by atoms with van der Waals surface area (Å²) in [4.78, 5) is 17.6. The summed E-state index contributed by atoms with van der Waals surface area (Å²) in [6.07, 6.45) is 4.19. The molecule has 0 atom stereocenters. The van der Waals surface area contributed by atoms with E-state index in [0.717, 1.165) is 91.4 Å². The maximum Gasteiger partial charge on any atom is 0.0652 e. The van der Waals surface area contributed by atoms with Gasteiger partial charge in [0.1, 0.15) is 0 Å². The average Bonchev–Trinajstić information content (AvgIpc) is 2.98. The molecule has 222 valence electrons.